The molecule has 19 heavy (non-hydrogen) atoms. The van der Waals surface area contributed by atoms with Gasteiger partial charge >= 0.3 is 0 Å². The van der Waals surface area contributed by atoms with Gasteiger partial charge in [0, 0.05) is 24.3 Å². The summed E-state index contributed by atoms with van der Waals surface area (Å²) < 4.78 is 16.2. The lowest BCUT2D eigenvalue weighted by Crippen LogP contribution is -2.34. The molecular weight excluding hydrogens is 242 g/mol. The molecule has 1 saturated heterocycles. The molecule has 4 nitrogen and oxygen atoms in total. The number of methoxy groups -OCH3 is 3. The summed E-state index contributed by atoms with van der Waals surface area (Å²) in [5.74, 6) is 1.66. The van der Waals surface area contributed by atoms with Gasteiger partial charge in [0.15, 0.2) is 0 Å². The molecule has 0 aliphatic carbocycles. The molecule has 0 bridgehead atoms. The van der Waals surface area contributed by atoms with Gasteiger partial charge in [-0.25, -0.2) is 0 Å². The van der Waals surface area contributed by atoms with Gasteiger partial charge in [-0.1, -0.05) is 0 Å². The van der Waals surface area contributed by atoms with E-state index in [4.69, 9.17) is 14.2 Å². The van der Waals surface area contributed by atoms with Gasteiger partial charge in [-0.05, 0) is 37.9 Å². The summed E-state index contributed by atoms with van der Waals surface area (Å²) in [4.78, 5) is 0. The smallest absolute Gasteiger partial charge is 0.127 e. The first-order valence-electron chi connectivity index (χ1n) is 6.64. The summed E-state index contributed by atoms with van der Waals surface area (Å²) in [5.41, 5.74) is 2.26. The molecule has 1 N–H and O–H groups in total. The van der Waals surface area contributed by atoms with Crippen molar-refractivity contribution < 1.29 is 14.2 Å². The van der Waals surface area contributed by atoms with E-state index in [2.05, 4.69) is 12.2 Å². The summed E-state index contributed by atoms with van der Waals surface area (Å²) in [6.45, 7) is 3.82. The topological polar surface area (TPSA) is 39.7 Å². The van der Waals surface area contributed by atoms with Crippen molar-refractivity contribution in [1.82, 2.24) is 5.32 Å². The molecule has 0 aromatic heterocycles. The fraction of sp³-hybridized carbons (Fsp3) is 0.600. The van der Waals surface area contributed by atoms with E-state index < -0.39 is 0 Å². The molecule has 106 valence electrons. The molecule has 1 unspecified atom stereocenters. The number of rotatable bonds is 5. The second kappa shape index (κ2) is 5.80. The Bertz CT molecular complexity index is 439. The first-order valence-corrected chi connectivity index (χ1v) is 6.64. The van der Waals surface area contributed by atoms with Crippen LogP contribution >= 0.6 is 0 Å². The van der Waals surface area contributed by atoms with Gasteiger partial charge in [0.25, 0.3) is 0 Å². The standard InChI is InChI=1S/C15H23NO3/c1-15(6-5-7-16-15)14-11(10-17-2)8-12(18-3)9-13(14)19-4/h8-9,16H,5-7,10H2,1-4H3. The predicted octanol–water partition coefficient (Wildman–Crippen LogP) is 2.45. The highest BCUT2D eigenvalue weighted by Crippen LogP contribution is 2.41. The van der Waals surface area contributed by atoms with Crippen molar-refractivity contribution in [2.75, 3.05) is 27.9 Å². The second-order valence-electron chi connectivity index (χ2n) is 5.16. The van der Waals surface area contributed by atoms with Crippen LogP contribution in [-0.2, 0) is 16.9 Å². The van der Waals surface area contributed by atoms with E-state index in [-0.39, 0.29) is 5.54 Å². The van der Waals surface area contributed by atoms with Crippen LogP contribution in [0.25, 0.3) is 0 Å². The van der Waals surface area contributed by atoms with E-state index in [0.717, 1.165) is 30.0 Å². The summed E-state index contributed by atoms with van der Waals surface area (Å²) in [5, 5.41) is 3.58. The Morgan fingerprint density at radius 3 is 2.53 bits per heavy atom. The second-order valence-corrected chi connectivity index (χ2v) is 5.16. The molecule has 2 rings (SSSR count). The minimum absolute atomic E-state index is 0.0501. The van der Waals surface area contributed by atoms with Crippen LogP contribution in [0.2, 0.25) is 0 Å². The third-order valence-corrected chi connectivity index (χ3v) is 3.83. The van der Waals surface area contributed by atoms with E-state index in [0.29, 0.717) is 6.61 Å². The van der Waals surface area contributed by atoms with Crippen LogP contribution in [-0.4, -0.2) is 27.9 Å². The Balaban J connectivity index is 2.54. The third kappa shape index (κ3) is 2.69. The fourth-order valence-corrected chi connectivity index (χ4v) is 2.93. The maximum atomic E-state index is 5.58. The van der Waals surface area contributed by atoms with Crippen molar-refractivity contribution >= 4 is 0 Å². The Hall–Kier alpha value is -1.26. The molecule has 1 heterocycles. The molecular formula is C15H23NO3. The molecule has 0 spiro atoms. The van der Waals surface area contributed by atoms with Gasteiger partial charge in [-0.3, -0.25) is 0 Å². The molecule has 1 aromatic rings. The Morgan fingerprint density at radius 2 is 2.00 bits per heavy atom. The van der Waals surface area contributed by atoms with E-state index in [1.807, 2.05) is 12.1 Å². The minimum atomic E-state index is -0.0501. The molecule has 1 aliphatic rings. The SMILES string of the molecule is COCc1cc(OC)cc(OC)c1C1(C)CCCN1. The maximum Gasteiger partial charge on any atom is 0.127 e. The number of hydrogen-bond donors (Lipinski definition) is 1. The Morgan fingerprint density at radius 1 is 1.21 bits per heavy atom. The Labute approximate surface area is 115 Å². The number of nitrogens with one attached hydrogen (secondary N) is 1. The maximum absolute atomic E-state index is 5.58. The zero-order valence-electron chi connectivity index (χ0n) is 12.2. The van der Waals surface area contributed by atoms with Gasteiger partial charge in [0.1, 0.15) is 11.5 Å². The number of benzene rings is 1. The van der Waals surface area contributed by atoms with Crippen molar-refractivity contribution in [2.45, 2.75) is 31.9 Å². The van der Waals surface area contributed by atoms with Crippen LogP contribution in [0.1, 0.15) is 30.9 Å². The number of hydrogen-bond acceptors (Lipinski definition) is 4. The van der Waals surface area contributed by atoms with E-state index in [9.17, 15) is 0 Å². The van der Waals surface area contributed by atoms with Gasteiger partial charge in [0.2, 0.25) is 0 Å². The van der Waals surface area contributed by atoms with Crippen molar-refractivity contribution in [3.05, 3.63) is 23.3 Å². The third-order valence-electron chi connectivity index (χ3n) is 3.83. The average molecular weight is 265 g/mol. The van der Waals surface area contributed by atoms with E-state index in [1.54, 1.807) is 21.3 Å². The van der Waals surface area contributed by atoms with Gasteiger partial charge < -0.3 is 19.5 Å². The Kier molecular flexibility index (Phi) is 4.32. The molecule has 1 aliphatic heterocycles. The van der Waals surface area contributed by atoms with Crippen LogP contribution in [0.3, 0.4) is 0 Å². The zero-order chi connectivity index (χ0) is 13.9. The largest absolute Gasteiger partial charge is 0.497 e. The quantitative estimate of drug-likeness (QED) is 0.887. The van der Waals surface area contributed by atoms with Gasteiger partial charge in [-0.15, -0.1) is 0 Å². The van der Waals surface area contributed by atoms with Crippen LogP contribution < -0.4 is 14.8 Å². The highest BCUT2D eigenvalue weighted by Gasteiger charge is 2.35. The molecule has 4 heteroatoms. The highest BCUT2D eigenvalue weighted by molar-refractivity contribution is 5.50. The zero-order valence-corrected chi connectivity index (χ0v) is 12.2. The minimum Gasteiger partial charge on any atom is -0.497 e. The van der Waals surface area contributed by atoms with E-state index >= 15 is 0 Å². The normalized spacial score (nSPS) is 22.5. The van der Waals surface area contributed by atoms with Crippen LogP contribution in [0.5, 0.6) is 11.5 Å². The first-order chi connectivity index (χ1) is 9.14. The van der Waals surface area contributed by atoms with Crippen LogP contribution in [0.4, 0.5) is 0 Å². The molecule has 1 fully saturated rings. The molecule has 1 atom stereocenters. The lowest BCUT2D eigenvalue weighted by molar-refractivity contribution is 0.181. The molecule has 1 aromatic carbocycles. The fourth-order valence-electron chi connectivity index (χ4n) is 2.93. The first kappa shape index (κ1) is 14.2. The number of ether oxygens (including phenoxy) is 3. The van der Waals surface area contributed by atoms with Crippen LogP contribution in [0.15, 0.2) is 12.1 Å². The molecule has 0 saturated carbocycles. The van der Waals surface area contributed by atoms with Crippen molar-refractivity contribution in [3.8, 4) is 11.5 Å². The molecule has 0 amide bonds. The lowest BCUT2D eigenvalue weighted by atomic mass is 9.86. The van der Waals surface area contributed by atoms with Gasteiger partial charge in [0.05, 0.1) is 20.8 Å². The monoisotopic (exact) mass is 265 g/mol. The average Bonchev–Trinajstić information content (AvgIpc) is 2.85. The summed E-state index contributed by atoms with van der Waals surface area (Å²) in [6.07, 6.45) is 2.28. The summed E-state index contributed by atoms with van der Waals surface area (Å²) in [6, 6.07) is 3.98. The van der Waals surface area contributed by atoms with Gasteiger partial charge in [-0.2, -0.15) is 0 Å². The van der Waals surface area contributed by atoms with Crippen molar-refractivity contribution in [3.63, 3.8) is 0 Å². The summed E-state index contributed by atoms with van der Waals surface area (Å²) in [7, 11) is 5.08. The van der Waals surface area contributed by atoms with Crippen molar-refractivity contribution in [2.24, 2.45) is 0 Å². The van der Waals surface area contributed by atoms with Crippen molar-refractivity contribution in [1.29, 1.82) is 0 Å². The van der Waals surface area contributed by atoms with Crippen LogP contribution in [0, 0.1) is 0 Å². The predicted molar refractivity (Wildman–Crippen MR) is 74.8 cm³/mol. The lowest BCUT2D eigenvalue weighted by Gasteiger charge is -2.30. The van der Waals surface area contributed by atoms with E-state index in [1.165, 1.54) is 12.0 Å². The molecule has 0 radical (unpaired) electrons. The highest BCUT2D eigenvalue weighted by atomic mass is 16.5. The summed E-state index contributed by atoms with van der Waals surface area (Å²) >= 11 is 0.